The number of anilines is 1. The summed E-state index contributed by atoms with van der Waals surface area (Å²) in [4.78, 5) is 19.7. The summed E-state index contributed by atoms with van der Waals surface area (Å²) >= 11 is 8.21. The standard InChI is InChI=1S/C24H37ClN2O4S/c1-3-5-8-18(4-2)17-30-21(28)11-14-32-20-10-12-26-24(23(20)25)27-15-19(16-27)31-22-9-6-7-13-29-22/h10,12,18-19,22H,3-9,11,13-17H2,1-2H3. The molecule has 180 valence electrons. The first-order valence-corrected chi connectivity index (χ1v) is 13.4. The highest BCUT2D eigenvalue weighted by atomic mass is 35.5. The van der Waals surface area contributed by atoms with Gasteiger partial charge in [-0.1, -0.05) is 44.7 Å². The number of hydrogen-bond donors (Lipinski definition) is 0. The third-order valence-electron chi connectivity index (χ3n) is 6.05. The minimum absolute atomic E-state index is 0.0692. The van der Waals surface area contributed by atoms with Crippen molar-refractivity contribution >= 4 is 35.1 Å². The lowest BCUT2D eigenvalue weighted by Gasteiger charge is -2.42. The molecule has 3 heterocycles. The first-order valence-electron chi connectivity index (χ1n) is 12.1. The van der Waals surface area contributed by atoms with Crippen LogP contribution in [-0.4, -0.2) is 55.4 Å². The molecule has 0 aromatic carbocycles. The SMILES string of the molecule is CCCCC(CC)COC(=O)CCSc1ccnc(N2CC(OC3CCCCO3)C2)c1Cl. The van der Waals surface area contributed by atoms with E-state index in [1.54, 1.807) is 18.0 Å². The van der Waals surface area contributed by atoms with Crippen molar-refractivity contribution in [3.63, 3.8) is 0 Å². The molecule has 0 aliphatic carbocycles. The first kappa shape index (κ1) is 25.6. The molecule has 3 rings (SSSR count). The number of ether oxygens (including phenoxy) is 3. The molecule has 32 heavy (non-hydrogen) atoms. The van der Waals surface area contributed by atoms with Gasteiger partial charge in [0.15, 0.2) is 6.29 Å². The van der Waals surface area contributed by atoms with Crippen LogP contribution in [0.1, 0.15) is 65.2 Å². The van der Waals surface area contributed by atoms with Crippen molar-refractivity contribution in [3.8, 4) is 0 Å². The van der Waals surface area contributed by atoms with Crippen LogP contribution in [0.5, 0.6) is 0 Å². The van der Waals surface area contributed by atoms with Crippen LogP contribution in [0.3, 0.4) is 0 Å². The molecule has 0 radical (unpaired) electrons. The zero-order valence-electron chi connectivity index (χ0n) is 19.4. The van der Waals surface area contributed by atoms with E-state index >= 15 is 0 Å². The van der Waals surface area contributed by atoms with Gasteiger partial charge in [0.1, 0.15) is 5.82 Å². The number of esters is 1. The number of thioether (sulfide) groups is 1. The van der Waals surface area contributed by atoms with E-state index in [2.05, 4.69) is 23.7 Å². The maximum Gasteiger partial charge on any atom is 0.306 e. The van der Waals surface area contributed by atoms with E-state index in [1.807, 2.05) is 6.07 Å². The van der Waals surface area contributed by atoms with Crippen LogP contribution in [0.15, 0.2) is 17.2 Å². The van der Waals surface area contributed by atoms with Gasteiger partial charge in [-0.05, 0) is 37.7 Å². The van der Waals surface area contributed by atoms with Crippen LogP contribution < -0.4 is 4.90 Å². The van der Waals surface area contributed by atoms with E-state index in [9.17, 15) is 4.79 Å². The second kappa shape index (κ2) is 13.6. The average Bonchev–Trinajstić information content (AvgIpc) is 2.78. The highest BCUT2D eigenvalue weighted by molar-refractivity contribution is 7.99. The zero-order chi connectivity index (χ0) is 22.8. The number of nitrogens with zero attached hydrogens (tertiary/aromatic N) is 2. The molecule has 2 atom stereocenters. The zero-order valence-corrected chi connectivity index (χ0v) is 21.0. The summed E-state index contributed by atoms with van der Waals surface area (Å²) in [5.74, 6) is 1.76. The van der Waals surface area contributed by atoms with Crippen molar-refractivity contribution < 1.29 is 19.0 Å². The van der Waals surface area contributed by atoms with Crippen LogP contribution in [-0.2, 0) is 19.0 Å². The Morgan fingerprint density at radius 1 is 1.38 bits per heavy atom. The molecule has 0 spiro atoms. The lowest BCUT2D eigenvalue weighted by atomic mass is 10.0. The van der Waals surface area contributed by atoms with Gasteiger partial charge in [0.05, 0.1) is 24.2 Å². The van der Waals surface area contributed by atoms with E-state index in [4.69, 9.17) is 25.8 Å². The van der Waals surface area contributed by atoms with E-state index in [1.165, 1.54) is 19.3 Å². The minimum atomic E-state index is -0.134. The minimum Gasteiger partial charge on any atom is -0.465 e. The van der Waals surface area contributed by atoms with Gasteiger partial charge in [-0.3, -0.25) is 4.79 Å². The Labute approximate surface area is 201 Å². The van der Waals surface area contributed by atoms with Gasteiger partial charge in [-0.15, -0.1) is 11.8 Å². The number of aromatic nitrogens is 1. The third kappa shape index (κ3) is 7.79. The van der Waals surface area contributed by atoms with E-state index in [-0.39, 0.29) is 18.4 Å². The van der Waals surface area contributed by atoms with Crippen LogP contribution in [0.4, 0.5) is 5.82 Å². The highest BCUT2D eigenvalue weighted by Gasteiger charge is 2.33. The van der Waals surface area contributed by atoms with Crippen molar-refractivity contribution in [3.05, 3.63) is 17.3 Å². The molecule has 1 aromatic rings. The molecule has 0 bridgehead atoms. The first-order chi connectivity index (χ1) is 15.6. The topological polar surface area (TPSA) is 60.9 Å². The second-order valence-corrected chi connectivity index (χ2v) is 10.1. The van der Waals surface area contributed by atoms with E-state index in [0.29, 0.717) is 29.7 Å². The second-order valence-electron chi connectivity index (χ2n) is 8.60. The van der Waals surface area contributed by atoms with E-state index in [0.717, 1.165) is 56.1 Å². The van der Waals surface area contributed by atoms with Crippen molar-refractivity contribution in [2.75, 3.05) is 37.0 Å². The van der Waals surface area contributed by atoms with Gasteiger partial charge in [0.25, 0.3) is 0 Å². The maximum absolute atomic E-state index is 12.1. The van der Waals surface area contributed by atoms with Crippen molar-refractivity contribution in [2.45, 2.75) is 82.5 Å². The number of pyridine rings is 1. The Morgan fingerprint density at radius 3 is 2.94 bits per heavy atom. The summed E-state index contributed by atoms with van der Waals surface area (Å²) in [5, 5.41) is 0.642. The smallest absolute Gasteiger partial charge is 0.306 e. The summed E-state index contributed by atoms with van der Waals surface area (Å²) in [6.45, 7) is 7.20. The van der Waals surface area contributed by atoms with Crippen LogP contribution in [0, 0.1) is 5.92 Å². The fourth-order valence-corrected chi connectivity index (χ4v) is 5.16. The molecule has 2 unspecified atom stereocenters. The molecule has 6 nitrogen and oxygen atoms in total. The largest absolute Gasteiger partial charge is 0.465 e. The molecular weight excluding hydrogens is 448 g/mol. The summed E-state index contributed by atoms with van der Waals surface area (Å²) in [7, 11) is 0. The number of hydrogen-bond acceptors (Lipinski definition) is 7. The Hall–Kier alpha value is -1.02. The Kier molecular flexibility index (Phi) is 10.9. The van der Waals surface area contributed by atoms with Crippen molar-refractivity contribution in [2.24, 2.45) is 5.92 Å². The Bertz CT molecular complexity index is 711. The summed E-state index contributed by atoms with van der Waals surface area (Å²) < 4.78 is 17.2. The molecule has 2 fully saturated rings. The Morgan fingerprint density at radius 2 is 2.22 bits per heavy atom. The van der Waals surface area contributed by atoms with Crippen molar-refractivity contribution in [1.82, 2.24) is 4.98 Å². The van der Waals surface area contributed by atoms with Crippen LogP contribution in [0.2, 0.25) is 5.02 Å². The molecule has 2 saturated heterocycles. The summed E-state index contributed by atoms with van der Waals surface area (Å²) in [6.07, 6.45) is 10.0. The molecule has 0 amide bonds. The van der Waals surface area contributed by atoms with Crippen LogP contribution in [0.25, 0.3) is 0 Å². The van der Waals surface area contributed by atoms with Gasteiger partial charge in [0.2, 0.25) is 0 Å². The molecule has 8 heteroatoms. The average molecular weight is 485 g/mol. The number of rotatable bonds is 13. The normalized spacial score (nSPS) is 20.1. The maximum atomic E-state index is 12.1. The molecule has 2 aliphatic heterocycles. The van der Waals surface area contributed by atoms with Gasteiger partial charge >= 0.3 is 5.97 Å². The molecule has 2 aliphatic rings. The molecule has 0 N–H and O–H groups in total. The highest BCUT2D eigenvalue weighted by Crippen LogP contribution is 2.36. The van der Waals surface area contributed by atoms with Gasteiger partial charge in [-0.2, -0.15) is 0 Å². The summed E-state index contributed by atoms with van der Waals surface area (Å²) in [5.41, 5.74) is 0. The van der Waals surface area contributed by atoms with Crippen molar-refractivity contribution in [1.29, 1.82) is 0 Å². The van der Waals surface area contributed by atoms with Gasteiger partial charge < -0.3 is 19.1 Å². The van der Waals surface area contributed by atoms with Crippen LogP contribution >= 0.6 is 23.4 Å². The van der Waals surface area contributed by atoms with Gasteiger partial charge in [-0.25, -0.2) is 4.98 Å². The molecular formula is C24H37ClN2O4S. The number of halogens is 1. The number of unbranched alkanes of at least 4 members (excludes halogenated alkanes) is 1. The molecule has 1 aromatic heterocycles. The number of carbonyl (C=O) groups is 1. The quantitative estimate of drug-likeness (QED) is 0.262. The van der Waals surface area contributed by atoms with E-state index < -0.39 is 0 Å². The van der Waals surface area contributed by atoms with Gasteiger partial charge in [0, 0.05) is 36.5 Å². The lowest BCUT2D eigenvalue weighted by Crippen LogP contribution is -2.54. The molecule has 0 saturated carbocycles. The monoisotopic (exact) mass is 484 g/mol. The fraction of sp³-hybridized carbons (Fsp3) is 0.750. The Balaban J connectivity index is 1.38. The third-order valence-corrected chi connectivity index (χ3v) is 7.60. The predicted molar refractivity (Wildman–Crippen MR) is 130 cm³/mol. The number of carbonyl (C=O) groups excluding carboxylic acids is 1. The summed E-state index contributed by atoms with van der Waals surface area (Å²) in [6, 6.07) is 1.91. The fourth-order valence-electron chi connectivity index (χ4n) is 3.90. The lowest BCUT2D eigenvalue weighted by molar-refractivity contribution is -0.191. The predicted octanol–water partition coefficient (Wildman–Crippen LogP) is 5.71.